The first kappa shape index (κ1) is 31.7. The van der Waals surface area contributed by atoms with E-state index in [1.807, 2.05) is 18.2 Å². The summed E-state index contributed by atoms with van der Waals surface area (Å²) in [5, 5.41) is 14.3. The third-order valence-corrected chi connectivity index (χ3v) is 11.1. The Labute approximate surface area is 315 Å². The van der Waals surface area contributed by atoms with Gasteiger partial charge < -0.3 is 10.1 Å². The van der Waals surface area contributed by atoms with Crippen LogP contribution in [0.1, 0.15) is 52.3 Å². The number of fused-ring (bicyclic) bond motifs is 5. The lowest BCUT2D eigenvalue weighted by Gasteiger charge is -2.45. The van der Waals surface area contributed by atoms with Crippen molar-refractivity contribution in [3.63, 3.8) is 0 Å². The van der Waals surface area contributed by atoms with Crippen LogP contribution in [0.2, 0.25) is 0 Å². The van der Waals surface area contributed by atoms with Crippen molar-refractivity contribution >= 4 is 22.7 Å². The number of pyridine rings is 1. The highest BCUT2D eigenvalue weighted by atomic mass is 16.5. The summed E-state index contributed by atoms with van der Waals surface area (Å²) in [4.78, 5) is 5.33. The van der Waals surface area contributed by atoms with Crippen LogP contribution in [0.25, 0.3) is 39.4 Å². The minimum Gasteiger partial charge on any atom is -0.457 e. The molecule has 256 valence electrons. The van der Waals surface area contributed by atoms with Crippen LogP contribution in [0.15, 0.2) is 181 Å². The van der Waals surface area contributed by atoms with Crippen molar-refractivity contribution in [2.24, 2.45) is 0 Å². The maximum Gasteiger partial charge on any atom is 0.132 e. The zero-order valence-electron chi connectivity index (χ0n) is 29.5. The van der Waals surface area contributed by atoms with Crippen LogP contribution >= 0.6 is 0 Å². The number of rotatable bonds is 5. The number of nitriles is 1. The van der Waals surface area contributed by atoms with Gasteiger partial charge in [0.25, 0.3) is 0 Å². The monoisotopic (exact) mass is 693 g/mol. The second-order valence-corrected chi connectivity index (χ2v) is 14.1. The number of allylic oxidation sites excluding steroid dienone is 3. The molecule has 0 fully saturated rings. The second kappa shape index (κ2) is 12.9. The normalized spacial score (nSPS) is 16.4. The lowest BCUT2D eigenvalue weighted by Crippen LogP contribution is -2.38. The van der Waals surface area contributed by atoms with E-state index in [1.165, 1.54) is 16.7 Å². The molecule has 4 nitrogen and oxygen atoms in total. The fraction of sp³-hybridized carbons (Fsp3) is 0.0800. The van der Waals surface area contributed by atoms with Gasteiger partial charge in [0.2, 0.25) is 0 Å². The van der Waals surface area contributed by atoms with Crippen LogP contribution in [0.5, 0.6) is 5.75 Å². The Kier molecular flexibility index (Phi) is 7.59. The van der Waals surface area contributed by atoms with E-state index in [2.05, 4.69) is 169 Å². The molecule has 2 aliphatic heterocycles. The summed E-state index contributed by atoms with van der Waals surface area (Å²) < 4.78 is 6.82. The Balaban J connectivity index is 1.13. The summed E-state index contributed by atoms with van der Waals surface area (Å²) >= 11 is 0. The van der Waals surface area contributed by atoms with Gasteiger partial charge in [-0.15, -0.1) is 0 Å². The topological polar surface area (TPSA) is 57.9 Å². The van der Waals surface area contributed by atoms with Crippen molar-refractivity contribution < 1.29 is 4.74 Å². The van der Waals surface area contributed by atoms with Gasteiger partial charge in [-0.1, -0.05) is 140 Å². The molecule has 6 aromatic carbocycles. The number of nitrogens with one attached hydrogen (secondary N) is 1. The number of aromatic nitrogens is 1. The van der Waals surface area contributed by atoms with Crippen molar-refractivity contribution in [1.29, 1.82) is 5.26 Å². The quantitative estimate of drug-likeness (QED) is 0.195. The van der Waals surface area contributed by atoms with E-state index >= 15 is 0 Å². The number of benzene rings is 6. The van der Waals surface area contributed by atoms with Gasteiger partial charge in [-0.25, -0.2) is 4.98 Å². The number of ether oxygens (including phenoxy) is 1. The Morgan fingerprint density at radius 3 is 2.26 bits per heavy atom. The fourth-order valence-corrected chi connectivity index (χ4v) is 8.63. The molecule has 7 aromatic rings. The van der Waals surface area contributed by atoms with Crippen LogP contribution in [0.4, 0.5) is 5.69 Å². The molecule has 1 N–H and O–H groups in total. The molecule has 3 aliphatic rings. The SMILES string of the molecule is N#Cc1cccc(C2C=Cc3ccc4ccc(-c5cccc(-c6cccc7c6C(c6ccccc6)(c6ccccc6)C6=CCCC=C6O7)c5)nc4c3N2)c1. The van der Waals surface area contributed by atoms with Gasteiger partial charge in [0.1, 0.15) is 11.5 Å². The maximum absolute atomic E-state index is 9.52. The van der Waals surface area contributed by atoms with Crippen molar-refractivity contribution in [2.75, 3.05) is 5.32 Å². The number of nitrogens with zero attached hydrogens (tertiary/aromatic N) is 2. The molecule has 4 heteroatoms. The van der Waals surface area contributed by atoms with E-state index in [0.29, 0.717) is 5.56 Å². The van der Waals surface area contributed by atoms with Gasteiger partial charge in [-0.05, 0) is 82.6 Å². The van der Waals surface area contributed by atoms with Crippen LogP contribution in [-0.2, 0) is 5.41 Å². The molecule has 10 rings (SSSR count). The van der Waals surface area contributed by atoms with Gasteiger partial charge in [0.05, 0.1) is 40.0 Å². The first-order valence-electron chi connectivity index (χ1n) is 18.5. The van der Waals surface area contributed by atoms with Gasteiger partial charge in [0.15, 0.2) is 0 Å². The molecule has 3 heterocycles. The Morgan fingerprint density at radius 2 is 1.44 bits per heavy atom. The molecule has 1 atom stereocenters. The summed E-state index contributed by atoms with van der Waals surface area (Å²) in [6.07, 6.45) is 10.9. The molecule has 1 unspecified atom stereocenters. The van der Waals surface area contributed by atoms with Crippen LogP contribution in [0.3, 0.4) is 0 Å². The molecule has 1 aliphatic carbocycles. The fourth-order valence-electron chi connectivity index (χ4n) is 8.63. The highest BCUT2D eigenvalue weighted by molar-refractivity contribution is 5.97. The molecule has 0 radical (unpaired) electrons. The van der Waals surface area contributed by atoms with E-state index in [1.54, 1.807) is 0 Å². The smallest absolute Gasteiger partial charge is 0.132 e. The largest absolute Gasteiger partial charge is 0.457 e. The average Bonchev–Trinajstić information content (AvgIpc) is 3.25. The summed E-state index contributed by atoms with van der Waals surface area (Å²) in [7, 11) is 0. The molecule has 0 bridgehead atoms. The van der Waals surface area contributed by atoms with Gasteiger partial charge in [-0.3, -0.25) is 0 Å². The number of anilines is 1. The standard InChI is InChI=1S/C50H35N3O/c51-32-33-12-9-14-37(30-33)43-28-26-34-24-25-35-27-29-44(53-49(35)48(34)52-43)38-15-10-13-36(31-38)41-20-11-23-46-47(41)50(39-16-3-1-4-17-39,40-18-5-2-6-19-40)42-21-7-8-22-45(42)54-46/h1-6,9-31,43,52H,7-8H2. The first-order chi connectivity index (χ1) is 26.7. The Hall–Kier alpha value is -6.96. The van der Waals surface area contributed by atoms with E-state index in [-0.39, 0.29) is 6.04 Å². The number of hydrogen-bond acceptors (Lipinski definition) is 4. The summed E-state index contributed by atoms with van der Waals surface area (Å²) in [5.74, 6) is 1.82. The molecular weight excluding hydrogens is 659 g/mol. The number of hydrogen-bond donors (Lipinski definition) is 1. The van der Waals surface area contributed by atoms with Crippen LogP contribution in [0, 0.1) is 11.3 Å². The lowest BCUT2D eigenvalue weighted by atomic mass is 9.60. The third-order valence-electron chi connectivity index (χ3n) is 11.1. The summed E-state index contributed by atoms with van der Waals surface area (Å²) in [6.45, 7) is 0. The zero-order chi connectivity index (χ0) is 36.1. The minimum absolute atomic E-state index is 0.0687. The second-order valence-electron chi connectivity index (χ2n) is 14.1. The Morgan fingerprint density at radius 1 is 0.704 bits per heavy atom. The van der Waals surface area contributed by atoms with Crippen molar-refractivity contribution in [3.05, 3.63) is 215 Å². The molecule has 0 amide bonds. The van der Waals surface area contributed by atoms with E-state index in [9.17, 15) is 5.26 Å². The van der Waals surface area contributed by atoms with Gasteiger partial charge in [-0.2, -0.15) is 5.26 Å². The van der Waals surface area contributed by atoms with Crippen LogP contribution in [-0.4, -0.2) is 4.98 Å². The maximum atomic E-state index is 9.52. The average molecular weight is 694 g/mol. The van der Waals surface area contributed by atoms with Crippen molar-refractivity contribution in [1.82, 2.24) is 4.98 Å². The zero-order valence-corrected chi connectivity index (χ0v) is 29.5. The third kappa shape index (κ3) is 5.09. The van der Waals surface area contributed by atoms with E-state index < -0.39 is 5.41 Å². The minimum atomic E-state index is -0.586. The van der Waals surface area contributed by atoms with Gasteiger partial charge >= 0.3 is 0 Å². The summed E-state index contributed by atoms with van der Waals surface area (Å²) in [6, 6.07) is 55.6. The van der Waals surface area contributed by atoms with Gasteiger partial charge in [0, 0.05) is 22.1 Å². The molecule has 0 spiro atoms. The predicted octanol–water partition coefficient (Wildman–Crippen LogP) is 12.0. The highest BCUT2D eigenvalue weighted by Gasteiger charge is 2.48. The van der Waals surface area contributed by atoms with E-state index in [4.69, 9.17) is 9.72 Å². The molecular formula is C50H35N3O. The van der Waals surface area contributed by atoms with Crippen molar-refractivity contribution in [3.8, 4) is 34.2 Å². The molecule has 0 saturated heterocycles. The molecule has 1 aromatic heterocycles. The predicted molar refractivity (Wildman–Crippen MR) is 218 cm³/mol. The Bertz CT molecular complexity index is 2700. The lowest BCUT2D eigenvalue weighted by molar-refractivity contribution is 0.382. The molecule has 54 heavy (non-hydrogen) atoms. The van der Waals surface area contributed by atoms with Crippen LogP contribution < -0.4 is 10.1 Å². The molecule has 0 saturated carbocycles. The van der Waals surface area contributed by atoms with E-state index in [0.717, 1.165) is 80.0 Å². The summed E-state index contributed by atoms with van der Waals surface area (Å²) in [5.41, 5.74) is 13.0. The first-order valence-corrected chi connectivity index (χ1v) is 18.5. The van der Waals surface area contributed by atoms with Crippen molar-refractivity contribution in [2.45, 2.75) is 24.3 Å². The highest BCUT2D eigenvalue weighted by Crippen LogP contribution is 2.57.